The molecule has 434 valence electrons. The van der Waals surface area contributed by atoms with E-state index in [-0.39, 0.29) is 12.1 Å². The van der Waals surface area contributed by atoms with E-state index in [1.165, 1.54) is 106 Å². The Kier molecular flexibility index (Phi) is 12.7. The molecule has 5 nitrogen and oxygen atoms in total. The summed E-state index contributed by atoms with van der Waals surface area (Å²) in [7, 11) is 0. The zero-order valence-corrected chi connectivity index (χ0v) is 51.6. The Morgan fingerprint density at radius 1 is 0.378 bits per heavy atom. The van der Waals surface area contributed by atoms with Crippen LogP contribution >= 0.6 is 0 Å². The number of hydrogen-bond donors (Lipinski definition) is 0. The molecule has 12 aromatic carbocycles. The number of benzene rings is 12. The third kappa shape index (κ3) is 8.37. The van der Waals surface area contributed by atoms with Crippen LogP contribution in [0.4, 0.5) is 34.1 Å². The van der Waals surface area contributed by atoms with Crippen molar-refractivity contribution in [3.63, 3.8) is 0 Å². The molecule has 0 saturated heterocycles. The highest BCUT2D eigenvalue weighted by Gasteiger charge is 2.46. The fraction of sp³-hybridized carbons (Fsp3) is 0.143. The average molecular weight is 1160 g/mol. The maximum Gasteiger partial charge on any atom is 0.252 e. The molecule has 2 aliphatic rings. The Hall–Kier alpha value is -10.3. The quantitative estimate of drug-likeness (QED) is 0.114. The topological polar surface area (TPSA) is 37.7 Å². The van der Waals surface area contributed by atoms with Crippen molar-refractivity contribution in [1.82, 2.24) is 4.57 Å². The van der Waals surface area contributed by atoms with E-state index in [2.05, 4.69) is 298 Å². The lowest BCUT2D eigenvalue weighted by molar-refractivity contribution is 0.590. The molecule has 0 aliphatic carbocycles. The van der Waals surface area contributed by atoms with Crippen LogP contribution in [0.25, 0.3) is 105 Å². The molecule has 90 heavy (non-hydrogen) atoms. The molecule has 0 radical (unpaired) electrons. The summed E-state index contributed by atoms with van der Waals surface area (Å²) in [5.41, 5.74) is 28.6. The third-order valence-electron chi connectivity index (χ3n) is 19.5. The van der Waals surface area contributed by atoms with Crippen LogP contribution in [-0.2, 0) is 18.3 Å². The fourth-order valence-corrected chi connectivity index (χ4v) is 15.3. The number of para-hydroxylation sites is 4. The third-order valence-corrected chi connectivity index (χ3v) is 19.5. The van der Waals surface area contributed by atoms with Crippen molar-refractivity contribution in [2.24, 2.45) is 0 Å². The molecule has 5 heterocycles. The van der Waals surface area contributed by atoms with E-state index in [9.17, 15) is 0 Å². The summed E-state index contributed by atoms with van der Waals surface area (Å²) in [5.74, 6) is 0. The second-order valence-corrected chi connectivity index (χ2v) is 25.9. The first-order valence-electron chi connectivity index (χ1n) is 32.4. The molecular formula is C84H68BN3O2. The Morgan fingerprint density at radius 3 is 1.36 bits per heavy atom. The molecule has 0 spiro atoms. The Labute approximate surface area is 526 Å². The van der Waals surface area contributed by atoms with Gasteiger partial charge in [0, 0.05) is 71.9 Å². The molecule has 6 heteroatoms. The number of aromatic nitrogens is 1. The lowest BCUT2D eigenvalue weighted by Gasteiger charge is -2.46. The lowest BCUT2D eigenvalue weighted by atomic mass is 9.33. The first-order valence-corrected chi connectivity index (χ1v) is 32.4. The second kappa shape index (κ2) is 21.2. The van der Waals surface area contributed by atoms with E-state index in [0.29, 0.717) is 0 Å². The van der Waals surface area contributed by atoms with Crippen LogP contribution in [0.2, 0.25) is 0 Å². The SMILES string of the molecule is CCCCc1cc2oc3ccccc3c2c(-c2ccccc2)c1N1c2ccc(-c3ccccc3)cc2B2c3ccc(-n4c5ccccc5c5ccccc54)cc3N(c3c(CCCC)cc4oc5ccccc5c4c3-c3ccccc3)c3cc(C(C)(C)C)cc1c32. The van der Waals surface area contributed by atoms with E-state index in [1.807, 2.05) is 0 Å². The molecule has 0 amide bonds. The lowest BCUT2D eigenvalue weighted by Crippen LogP contribution is -2.61. The predicted octanol–water partition coefficient (Wildman–Crippen LogP) is 21.6. The van der Waals surface area contributed by atoms with Gasteiger partial charge in [-0.2, -0.15) is 0 Å². The van der Waals surface area contributed by atoms with Gasteiger partial charge in [-0.1, -0.05) is 229 Å². The average Bonchev–Trinajstić information content (AvgIpc) is 0.743. The number of aryl methyl sites for hydroxylation is 2. The molecule has 17 rings (SSSR count). The molecule has 15 aromatic rings. The minimum atomic E-state index is -0.281. The van der Waals surface area contributed by atoms with E-state index in [4.69, 9.17) is 8.83 Å². The minimum Gasteiger partial charge on any atom is -0.456 e. The van der Waals surface area contributed by atoms with Crippen LogP contribution in [0.3, 0.4) is 0 Å². The standard InChI is InChI=1S/C84H68BN3O2/c1-6-8-27-57-48-75-79(63-37-21-25-41-73(63)89-75)77(54-31-15-11-16-32-54)82(57)87-69-46-43-56(53-29-13-10-14-30-53)47-66(69)85-65-45-44-60(86-67-39-23-19-35-61(67)62-36-20-24-40-68(62)86)52-70(65)88(72-51-59(84(3,4)5)50-71(87)81(72)85)83-58(28-9-7-2)49-76-80(64-38-22-26-42-74(64)90-76)78(83)55-33-17-12-18-34-55/h10-26,29-52H,6-9,27-28H2,1-5H3. The van der Waals surface area contributed by atoms with Crippen LogP contribution in [-0.4, -0.2) is 11.3 Å². The van der Waals surface area contributed by atoms with Crippen LogP contribution in [0.5, 0.6) is 0 Å². The molecule has 3 aromatic heterocycles. The van der Waals surface area contributed by atoms with Gasteiger partial charge in [-0.15, -0.1) is 0 Å². The van der Waals surface area contributed by atoms with Crippen molar-refractivity contribution in [2.45, 2.75) is 78.6 Å². The molecule has 0 unspecified atom stereocenters. The molecular weight excluding hydrogens is 1090 g/mol. The van der Waals surface area contributed by atoms with E-state index < -0.39 is 0 Å². The van der Waals surface area contributed by atoms with Gasteiger partial charge in [-0.3, -0.25) is 0 Å². The van der Waals surface area contributed by atoms with E-state index in [1.54, 1.807) is 0 Å². The first-order chi connectivity index (χ1) is 44.2. The van der Waals surface area contributed by atoms with Gasteiger partial charge in [-0.25, -0.2) is 0 Å². The maximum absolute atomic E-state index is 7.05. The van der Waals surface area contributed by atoms with Gasteiger partial charge in [0.2, 0.25) is 0 Å². The summed E-state index contributed by atoms with van der Waals surface area (Å²) in [6, 6.07) is 93.2. The van der Waals surface area contributed by atoms with Crippen molar-refractivity contribution in [2.75, 3.05) is 9.80 Å². The Morgan fingerprint density at radius 2 is 0.844 bits per heavy atom. The molecule has 2 aliphatic heterocycles. The van der Waals surface area contributed by atoms with Gasteiger partial charge in [0.1, 0.15) is 22.3 Å². The number of hydrogen-bond acceptors (Lipinski definition) is 4. The smallest absolute Gasteiger partial charge is 0.252 e. The first kappa shape index (κ1) is 53.9. The van der Waals surface area contributed by atoms with Crippen LogP contribution in [0.1, 0.15) is 77.0 Å². The van der Waals surface area contributed by atoms with Crippen molar-refractivity contribution < 1.29 is 8.83 Å². The van der Waals surface area contributed by atoms with Crippen molar-refractivity contribution in [3.05, 3.63) is 265 Å². The van der Waals surface area contributed by atoms with Crippen LogP contribution in [0.15, 0.2) is 258 Å². The summed E-state index contributed by atoms with van der Waals surface area (Å²) in [5, 5.41) is 6.96. The molecule has 0 bridgehead atoms. The fourth-order valence-electron chi connectivity index (χ4n) is 15.3. The summed E-state index contributed by atoms with van der Waals surface area (Å²) in [6.07, 6.45) is 5.85. The zero-order chi connectivity index (χ0) is 60.4. The van der Waals surface area contributed by atoms with Gasteiger partial charge < -0.3 is 23.2 Å². The molecule has 0 atom stereocenters. The highest BCUT2D eigenvalue weighted by Crippen LogP contribution is 2.56. The number of rotatable bonds is 12. The Balaban J connectivity index is 1.07. The maximum atomic E-state index is 7.05. The predicted molar refractivity (Wildman–Crippen MR) is 382 cm³/mol. The largest absolute Gasteiger partial charge is 0.456 e. The number of nitrogens with zero attached hydrogens (tertiary/aromatic N) is 3. The van der Waals surface area contributed by atoms with Crippen molar-refractivity contribution in [1.29, 1.82) is 0 Å². The monoisotopic (exact) mass is 1160 g/mol. The second-order valence-electron chi connectivity index (χ2n) is 25.9. The van der Waals surface area contributed by atoms with Crippen molar-refractivity contribution in [3.8, 4) is 39.1 Å². The highest BCUT2D eigenvalue weighted by atomic mass is 16.3. The summed E-state index contributed by atoms with van der Waals surface area (Å²) >= 11 is 0. The number of furan rings is 2. The van der Waals surface area contributed by atoms with E-state index >= 15 is 0 Å². The molecule has 0 fully saturated rings. The van der Waals surface area contributed by atoms with Gasteiger partial charge in [-0.05, 0) is 153 Å². The highest BCUT2D eigenvalue weighted by molar-refractivity contribution is 7.00. The van der Waals surface area contributed by atoms with Gasteiger partial charge >= 0.3 is 0 Å². The zero-order valence-electron chi connectivity index (χ0n) is 51.6. The van der Waals surface area contributed by atoms with Gasteiger partial charge in [0.25, 0.3) is 6.71 Å². The van der Waals surface area contributed by atoms with Crippen LogP contribution in [0, 0.1) is 0 Å². The van der Waals surface area contributed by atoms with Gasteiger partial charge in [0.05, 0.1) is 22.4 Å². The summed E-state index contributed by atoms with van der Waals surface area (Å²) < 4.78 is 16.5. The van der Waals surface area contributed by atoms with Crippen molar-refractivity contribution >= 4 is 123 Å². The molecule has 0 saturated carbocycles. The number of unbranched alkanes of at least 4 members (excludes halogenated alkanes) is 2. The normalized spacial score (nSPS) is 12.9. The Bertz CT molecular complexity index is 5290. The summed E-state index contributed by atoms with van der Waals surface area (Å²) in [4.78, 5) is 5.47. The van der Waals surface area contributed by atoms with Crippen LogP contribution < -0.4 is 26.2 Å². The minimum absolute atomic E-state index is 0.187. The number of anilines is 6. The number of fused-ring (bicyclic) bond motifs is 13. The van der Waals surface area contributed by atoms with Gasteiger partial charge in [0.15, 0.2) is 0 Å². The molecule has 0 N–H and O–H groups in total. The van der Waals surface area contributed by atoms with E-state index in [0.717, 1.165) is 105 Å². The summed E-state index contributed by atoms with van der Waals surface area (Å²) in [6.45, 7) is 11.6.